The molecule has 0 atom stereocenters. The molecule has 3 N–H and O–H groups in total. The fourth-order valence-corrected chi connectivity index (χ4v) is 2.79. The summed E-state index contributed by atoms with van der Waals surface area (Å²) in [6.07, 6.45) is 3.11. The lowest BCUT2D eigenvalue weighted by Crippen LogP contribution is -2.25. The van der Waals surface area contributed by atoms with Crippen LogP contribution in [0.5, 0.6) is 0 Å². The summed E-state index contributed by atoms with van der Waals surface area (Å²) in [6.45, 7) is 0.347. The van der Waals surface area contributed by atoms with Crippen molar-refractivity contribution in [2.75, 3.05) is 5.32 Å². The molecule has 3 heterocycles. The van der Waals surface area contributed by atoms with Gasteiger partial charge in [0.05, 0.1) is 29.9 Å². The van der Waals surface area contributed by atoms with Crippen LogP contribution in [0.25, 0.3) is 0 Å². The number of aromatic amines is 1. The number of carbonyl (C=O) groups is 2. The molecule has 8 nitrogen and oxygen atoms in total. The van der Waals surface area contributed by atoms with E-state index in [9.17, 15) is 14.4 Å². The summed E-state index contributed by atoms with van der Waals surface area (Å²) in [4.78, 5) is 45.8. The summed E-state index contributed by atoms with van der Waals surface area (Å²) in [5.41, 5.74) is 1.36. The van der Waals surface area contributed by atoms with Crippen molar-refractivity contribution in [1.82, 2.24) is 20.3 Å². The molecule has 2 amide bonds. The van der Waals surface area contributed by atoms with Gasteiger partial charge in [0.15, 0.2) is 5.13 Å². The van der Waals surface area contributed by atoms with Crippen molar-refractivity contribution in [3.05, 3.63) is 75.4 Å². The molecule has 0 fully saturated rings. The van der Waals surface area contributed by atoms with Gasteiger partial charge in [0.2, 0.25) is 11.5 Å². The predicted molar refractivity (Wildman–Crippen MR) is 96.9 cm³/mol. The molecular weight excluding hydrogens is 354 g/mol. The van der Waals surface area contributed by atoms with Crippen LogP contribution in [0.1, 0.15) is 21.7 Å². The second kappa shape index (κ2) is 8.17. The van der Waals surface area contributed by atoms with Gasteiger partial charge in [-0.3, -0.25) is 24.7 Å². The van der Waals surface area contributed by atoms with Crippen LogP contribution >= 0.6 is 11.3 Å². The van der Waals surface area contributed by atoms with Crippen molar-refractivity contribution >= 4 is 28.3 Å². The first-order valence-corrected chi connectivity index (χ1v) is 8.59. The summed E-state index contributed by atoms with van der Waals surface area (Å²) in [5.74, 6) is -0.568. The van der Waals surface area contributed by atoms with Crippen LogP contribution in [0.4, 0.5) is 5.13 Å². The molecule has 0 aromatic carbocycles. The first-order chi connectivity index (χ1) is 12.6. The molecule has 0 unspecified atom stereocenters. The monoisotopic (exact) mass is 369 g/mol. The van der Waals surface area contributed by atoms with Crippen LogP contribution in [0, 0.1) is 0 Å². The minimum Gasteiger partial charge on any atom is -0.350 e. The van der Waals surface area contributed by atoms with Crippen LogP contribution in [-0.2, 0) is 17.8 Å². The lowest BCUT2D eigenvalue weighted by Gasteiger charge is -2.03. The molecule has 26 heavy (non-hydrogen) atoms. The first kappa shape index (κ1) is 17.5. The zero-order chi connectivity index (χ0) is 18.4. The van der Waals surface area contributed by atoms with E-state index in [0.717, 1.165) is 5.69 Å². The summed E-state index contributed by atoms with van der Waals surface area (Å²) in [7, 11) is 0. The Hall–Kier alpha value is -3.33. The van der Waals surface area contributed by atoms with E-state index in [0.29, 0.717) is 22.9 Å². The highest BCUT2D eigenvalue weighted by atomic mass is 32.1. The summed E-state index contributed by atoms with van der Waals surface area (Å²) in [6, 6.07) is 8.19. The maximum Gasteiger partial charge on any atom is 0.258 e. The maximum absolute atomic E-state index is 12.1. The van der Waals surface area contributed by atoms with E-state index >= 15 is 0 Å². The third-order valence-corrected chi connectivity index (χ3v) is 4.16. The Morgan fingerprint density at radius 1 is 1.15 bits per heavy atom. The van der Waals surface area contributed by atoms with E-state index in [4.69, 9.17) is 0 Å². The number of pyridine rings is 2. The average Bonchev–Trinajstić information content (AvgIpc) is 3.08. The molecule has 0 spiro atoms. The van der Waals surface area contributed by atoms with E-state index in [1.54, 1.807) is 11.6 Å². The molecule has 132 valence electrons. The Labute approximate surface area is 152 Å². The Kier molecular flexibility index (Phi) is 5.49. The van der Waals surface area contributed by atoms with Gasteiger partial charge in [-0.05, 0) is 18.2 Å². The number of hydrogen-bond donors (Lipinski definition) is 3. The minimum absolute atomic E-state index is 0.109. The number of thiazole rings is 1. The van der Waals surface area contributed by atoms with Gasteiger partial charge in [0.1, 0.15) is 0 Å². The van der Waals surface area contributed by atoms with Gasteiger partial charge in [-0.2, -0.15) is 0 Å². The van der Waals surface area contributed by atoms with E-state index in [2.05, 4.69) is 25.6 Å². The van der Waals surface area contributed by atoms with Gasteiger partial charge in [-0.1, -0.05) is 6.07 Å². The number of nitrogens with zero attached hydrogens (tertiary/aromatic N) is 2. The van der Waals surface area contributed by atoms with Crippen LogP contribution < -0.4 is 16.2 Å². The van der Waals surface area contributed by atoms with Gasteiger partial charge in [0.25, 0.3) is 5.91 Å². The predicted octanol–water partition coefficient (Wildman–Crippen LogP) is 1.34. The van der Waals surface area contributed by atoms with Gasteiger partial charge in [-0.25, -0.2) is 4.98 Å². The summed E-state index contributed by atoms with van der Waals surface area (Å²) >= 11 is 1.22. The largest absolute Gasteiger partial charge is 0.350 e. The number of nitrogens with one attached hydrogen (secondary N) is 3. The van der Waals surface area contributed by atoms with Crippen LogP contribution in [0.15, 0.2) is 52.9 Å². The Balaban J connectivity index is 1.52. The van der Waals surface area contributed by atoms with E-state index in [-0.39, 0.29) is 23.8 Å². The van der Waals surface area contributed by atoms with Gasteiger partial charge in [0, 0.05) is 23.8 Å². The lowest BCUT2D eigenvalue weighted by molar-refractivity contribution is -0.120. The Morgan fingerprint density at radius 2 is 2.04 bits per heavy atom. The highest BCUT2D eigenvalue weighted by Gasteiger charge is 2.11. The zero-order valence-electron chi connectivity index (χ0n) is 13.6. The normalized spacial score (nSPS) is 10.3. The van der Waals surface area contributed by atoms with E-state index in [1.165, 1.54) is 29.7 Å². The molecule has 3 rings (SSSR count). The fraction of sp³-hybridized carbons (Fsp3) is 0.118. The number of aromatic nitrogens is 3. The summed E-state index contributed by atoms with van der Waals surface area (Å²) < 4.78 is 0. The number of hydrogen-bond acceptors (Lipinski definition) is 6. The van der Waals surface area contributed by atoms with Crippen LogP contribution in [0.2, 0.25) is 0 Å². The maximum atomic E-state index is 12.1. The quantitative estimate of drug-likeness (QED) is 0.606. The molecule has 3 aromatic heterocycles. The standard InChI is InChI=1S/C17H15N5O3S/c23-14-5-4-11(8-19-14)16(25)22-17-21-13(10-26-17)7-15(24)20-9-12-3-1-2-6-18-12/h1-6,8,10H,7,9H2,(H,19,23)(H,20,24)(H,21,22,25). The smallest absolute Gasteiger partial charge is 0.258 e. The minimum atomic E-state index is -0.387. The molecule has 0 saturated heterocycles. The zero-order valence-corrected chi connectivity index (χ0v) is 14.4. The number of anilines is 1. The van der Waals surface area contributed by atoms with E-state index in [1.807, 2.05) is 18.2 Å². The van der Waals surface area contributed by atoms with Gasteiger partial charge < -0.3 is 10.3 Å². The van der Waals surface area contributed by atoms with E-state index < -0.39 is 0 Å². The van der Waals surface area contributed by atoms with Gasteiger partial charge >= 0.3 is 0 Å². The second-order valence-corrected chi connectivity index (χ2v) is 6.17. The highest BCUT2D eigenvalue weighted by Crippen LogP contribution is 2.16. The average molecular weight is 369 g/mol. The topological polar surface area (TPSA) is 117 Å². The number of amides is 2. The number of carbonyl (C=O) groups excluding carboxylic acids is 2. The molecule has 0 aliphatic heterocycles. The fourth-order valence-electron chi connectivity index (χ4n) is 2.09. The van der Waals surface area contributed by atoms with Gasteiger partial charge in [-0.15, -0.1) is 11.3 Å². The Morgan fingerprint density at radius 3 is 2.77 bits per heavy atom. The molecule has 0 aliphatic carbocycles. The molecular formula is C17H15N5O3S. The van der Waals surface area contributed by atoms with Crippen molar-refractivity contribution in [1.29, 1.82) is 0 Å². The molecule has 0 bridgehead atoms. The molecule has 3 aromatic rings. The van der Waals surface area contributed by atoms with Crippen molar-refractivity contribution in [3.63, 3.8) is 0 Å². The van der Waals surface area contributed by atoms with Crippen molar-refractivity contribution in [3.8, 4) is 0 Å². The Bertz CT molecular complexity index is 947. The number of H-pyrrole nitrogens is 1. The molecule has 0 saturated carbocycles. The lowest BCUT2D eigenvalue weighted by atomic mass is 10.3. The second-order valence-electron chi connectivity index (χ2n) is 5.31. The van der Waals surface area contributed by atoms with Crippen LogP contribution in [-0.4, -0.2) is 26.8 Å². The molecule has 0 aliphatic rings. The summed E-state index contributed by atoms with van der Waals surface area (Å²) in [5, 5.41) is 7.50. The molecule has 0 radical (unpaired) electrons. The third-order valence-electron chi connectivity index (χ3n) is 3.35. The first-order valence-electron chi connectivity index (χ1n) is 7.71. The van der Waals surface area contributed by atoms with Crippen molar-refractivity contribution in [2.45, 2.75) is 13.0 Å². The SMILES string of the molecule is O=C(Cc1csc(NC(=O)c2ccc(=O)[nH]c2)n1)NCc1ccccn1. The van der Waals surface area contributed by atoms with Crippen LogP contribution in [0.3, 0.4) is 0 Å². The van der Waals surface area contributed by atoms with Crippen molar-refractivity contribution < 1.29 is 9.59 Å². The molecule has 9 heteroatoms. The highest BCUT2D eigenvalue weighted by molar-refractivity contribution is 7.14. The van der Waals surface area contributed by atoms with Crippen molar-refractivity contribution in [2.24, 2.45) is 0 Å². The number of rotatable bonds is 6. The third kappa shape index (κ3) is 4.84.